The Balaban J connectivity index is 1.56. The van der Waals surface area contributed by atoms with Crippen molar-refractivity contribution in [2.45, 2.75) is 32.6 Å². The summed E-state index contributed by atoms with van der Waals surface area (Å²) in [6, 6.07) is 4.01. The van der Waals surface area contributed by atoms with Crippen molar-refractivity contribution in [3.8, 4) is 0 Å². The first-order valence-electron chi connectivity index (χ1n) is 6.70. The fourth-order valence-corrected chi connectivity index (χ4v) is 2.33. The van der Waals surface area contributed by atoms with Crippen LogP contribution in [-0.2, 0) is 24.3 Å². The van der Waals surface area contributed by atoms with Gasteiger partial charge >= 0.3 is 0 Å². The number of ether oxygens (including phenoxy) is 1. The summed E-state index contributed by atoms with van der Waals surface area (Å²) in [4.78, 5) is 5.30. The number of nitrogens with zero attached hydrogens (tertiary/aromatic N) is 1. The third-order valence-electron chi connectivity index (χ3n) is 2.74. The highest BCUT2D eigenvalue weighted by Gasteiger charge is 2.06. The van der Waals surface area contributed by atoms with Gasteiger partial charge in [0.2, 0.25) is 5.89 Å². The smallest absolute Gasteiger partial charge is 0.208 e. The van der Waals surface area contributed by atoms with Gasteiger partial charge in [-0.3, -0.25) is 0 Å². The fourth-order valence-electron chi connectivity index (χ4n) is 1.69. The molecule has 0 bridgehead atoms. The van der Waals surface area contributed by atoms with Gasteiger partial charge in [-0.2, -0.15) is 0 Å². The quantitative estimate of drug-likeness (QED) is 0.740. The van der Waals surface area contributed by atoms with Gasteiger partial charge in [0.1, 0.15) is 5.76 Å². The van der Waals surface area contributed by atoms with Crippen LogP contribution in [0.15, 0.2) is 28.1 Å². The van der Waals surface area contributed by atoms with Crippen LogP contribution >= 0.6 is 11.3 Å². The van der Waals surface area contributed by atoms with E-state index in [9.17, 15) is 5.11 Å². The van der Waals surface area contributed by atoms with E-state index in [1.54, 1.807) is 17.5 Å². The highest BCUT2D eigenvalue weighted by molar-refractivity contribution is 7.09. The molecule has 0 aliphatic rings. The molecular formula is C14H20N2O3S. The maximum atomic E-state index is 9.77. The standard InChI is InChI=1S/C14H20N2O3S/c1-2-12-7-16-14(19-12)8-15-6-11(17)9-18-10-13-4-3-5-20-13/h3-5,7,11,15,17H,2,6,8-10H2,1H3. The van der Waals surface area contributed by atoms with Crippen molar-refractivity contribution >= 4 is 11.3 Å². The molecule has 0 aliphatic heterocycles. The summed E-state index contributed by atoms with van der Waals surface area (Å²) in [7, 11) is 0. The highest BCUT2D eigenvalue weighted by Crippen LogP contribution is 2.09. The number of aryl methyl sites for hydroxylation is 1. The van der Waals surface area contributed by atoms with Gasteiger partial charge in [0, 0.05) is 17.8 Å². The number of aliphatic hydroxyl groups excluding tert-OH is 1. The van der Waals surface area contributed by atoms with Crippen LogP contribution in [0.2, 0.25) is 0 Å². The van der Waals surface area contributed by atoms with Gasteiger partial charge in [0.25, 0.3) is 0 Å². The van der Waals surface area contributed by atoms with E-state index in [0.29, 0.717) is 32.2 Å². The summed E-state index contributed by atoms with van der Waals surface area (Å²) in [5.41, 5.74) is 0. The van der Waals surface area contributed by atoms with E-state index in [1.807, 2.05) is 24.4 Å². The minimum atomic E-state index is -0.532. The van der Waals surface area contributed by atoms with Crippen LogP contribution in [0.3, 0.4) is 0 Å². The molecule has 2 aromatic heterocycles. The van der Waals surface area contributed by atoms with E-state index < -0.39 is 6.10 Å². The minimum absolute atomic E-state index is 0.316. The molecule has 0 saturated carbocycles. The molecule has 0 fully saturated rings. The number of oxazole rings is 1. The van der Waals surface area contributed by atoms with E-state index in [0.717, 1.165) is 17.1 Å². The van der Waals surface area contributed by atoms with Crippen LogP contribution in [0, 0.1) is 0 Å². The summed E-state index contributed by atoms with van der Waals surface area (Å²) >= 11 is 1.65. The van der Waals surface area contributed by atoms with Gasteiger partial charge in [0.05, 0.1) is 32.1 Å². The van der Waals surface area contributed by atoms with Crippen LogP contribution in [0.1, 0.15) is 23.5 Å². The maximum absolute atomic E-state index is 9.77. The van der Waals surface area contributed by atoms with Gasteiger partial charge in [0.15, 0.2) is 0 Å². The minimum Gasteiger partial charge on any atom is -0.444 e. The first-order valence-corrected chi connectivity index (χ1v) is 7.58. The number of aromatic nitrogens is 1. The van der Waals surface area contributed by atoms with Crippen molar-refractivity contribution in [2.24, 2.45) is 0 Å². The summed E-state index contributed by atoms with van der Waals surface area (Å²) in [5, 5.41) is 14.9. The Morgan fingerprint density at radius 1 is 1.55 bits per heavy atom. The molecule has 1 atom stereocenters. The van der Waals surface area contributed by atoms with Crippen molar-refractivity contribution in [3.05, 3.63) is 40.2 Å². The molecule has 2 rings (SSSR count). The number of nitrogens with one attached hydrogen (secondary N) is 1. The molecule has 0 aliphatic carbocycles. The van der Waals surface area contributed by atoms with E-state index in [4.69, 9.17) is 9.15 Å². The first-order chi connectivity index (χ1) is 9.78. The molecule has 5 nitrogen and oxygen atoms in total. The maximum Gasteiger partial charge on any atom is 0.208 e. The summed E-state index contributed by atoms with van der Waals surface area (Å²) in [6.45, 7) is 3.85. The van der Waals surface area contributed by atoms with Crippen molar-refractivity contribution in [2.75, 3.05) is 13.2 Å². The Hall–Kier alpha value is -1.21. The average Bonchev–Trinajstić information content (AvgIpc) is 3.10. The summed E-state index contributed by atoms with van der Waals surface area (Å²) in [6.07, 6.45) is 2.04. The zero-order valence-corrected chi connectivity index (χ0v) is 12.4. The number of thiophene rings is 1. The predicted octanol–water partition coefficient (Wildman–Crippen LogP) is 1.97. The van der Waals surface area contributed by atoms with Crippen molar-refractivity contribution in [1.29, 1.82) is 0 Å². The van der Waals surface area contributed by atoms with Gasteiger partial charge < -0.3 is 19.6 Å². The van der Waals surface area contributed by atoms with Crippen LogP contribution in [0.5, 0.6) is 0 Å². The molecule has 110 valence electrons. The second-order valence-corrected chi connectivity index (χ2v) is 5.49. The molecule has 2 N–H and O–H groups in total. The van der Waals surface area contributed by atoms with Gasteiger partial charge in [-0.15, -0.1) is 11.3 Å². The number of hydrogen-bond donors (Lipinski definition) is 2. The normalized spacial score (nSPS) is 12.7. The molecule has 0 amide bonds. The monoisotopic (exact) mass is 296 g/mol. The number of aliphatic hydroxyl groups is 1. The highest BCUT2D eigenvalue weighted by atomic mass is 32.1. The molecule has 0 saturated heterocycles. The summed E-state index contributed by atoms with van der Waals surface area (Å²) < 4.78 is 10.9. The average molecular weight is 296 g/mol. The van der Waals surface area contributed by atoms with Gasteiger partial charge in [-0.1, -0.05) is 13.0 Å². The molecule has 6 heteroatoms. The number of hydrogen-bond acceptors (Lipinski definition) is 6. The Morgan fingerprint density at radius 3 is 3.15 bits per heavy atom. The summed E-state index contributed by atoms with van der Waals surface area (Å²) in [5.74, 6) is 1.52. The molecular weight excluding hydrogens is 276 g/mol. The van der Waals surface area contributed by atoms with Crippen molar-refractivity contribution in [3.63, 3.8) is 0 Å². The molecule has 0 radical (unpaired) electrons. The predicted molar refractivity (Wildman–Crippen MR) is 77.6 cm³/mol. The zero-order valence-electron chi connectivity index (χ0n) is 11.5. The van der Waals surface area contributed by atoms with E-state index in [1.165, 1.54) is 0 Å². The second-order valence-electron chi connectivity index (χ2n) is 4.45. The van der Waals surface area contributed by atoms with Gasteiger partial charge in [-0.25, -0.2) is 4.98 Å². The Kier molecular flexibility index (Phi) is 6.20. The molecule has 20 heavy (non-hydrogen) atoms. The fraction of sp³-hybridized carbons (Fsp3) is 0.500. The lowest BCUT2D eigenvalue weighted by molar-refractivity contribution is 0.0295. The lowest BCUT2D eigenvalue weighted by atomic mass is 10.3. The first kappa shape index (κ1) is 15.2. The van der Waals surface area contributed by atoms with E-state index in [2.05, 4.69) is 10.3 Å². The van der Waals surface area contributed by atoms with Gasteiger partial charge in [-0.05, 0) is 11.4 Å². The molecule has 1 unspecified atom stereocenters. The Morgan fingerprint density at radius 2 is 2.45 bits per heavy atom. The van der Waals surface area contributed by atoms with E-state index >= 15 is 0 Å². The Bertz CT molecular complexity index is 484. The van der Waals surface area contributed by atoms with Crippen molar-refractivity contribution in [1.82, 2.24) is 10.3 Å². The van der Waals surface area contributed by atoms with Crippen LogP contribution in [0.25, 0.3) is 0 Å². The topological polar surface area (TPSA) is 67.5 Å². The largest absolute Gasteiger partial charge is 0.444 e. The molecule has 0 spiro atoms. The van der Waals surface area contributed by atoms with Crippen LogP contribution in [-0.4, -0.2) is 29.3 Å². The second kappa shape index (κ2) is 8.16. The van der Waals surface area contributed by atoms with E-state index in [-0.39, 0.29) is 0 Å². The van der Waals surface area contributed by atoms with Crippen LogP contribution < -0.4 is 5.32 Å². The third-order valence-corrected chi connectivity index (χ3v) is 3.59. The SMILES string of the molecule is CCc1cnc(CNCC(O)COCc2cccs2)o1. The molecule has 2 heterocycles. The molecule has 2 aromatic rings. The third kappa shape index (κ3) is 5.05. The lowest BCUT2D eigenvalue weighted by Gasteiger charge is -2.11. The van der Waals surface area contributed by atoms with Crippen molar-refractivity contribution < 1.29 is 14.3 Å². The number of rotatable bonds is 9. The van der Waals surface area contributed by atoms with Crippen LogP contribution in [0.4, 0.5) is 0 Å². The Labute approximate surface area is 122 Å². The molecule has 0 aromatic carbocycles. The zero-order chi connectivity index (χ0) is 14.2. The lowest BCUT2D eigenvalue weighted by Crippen LogP contribution is -2.30.